The van der Waals surface area contributed by atoms with E-state index in [4.69, 9.17) is 0 Å². The Morgan fingerprint density at radius 3 is 2.00 bits per heavy atom. The van der Waals surface area contributed by atoms with E-state index < -0.39 is 10.0 Å². The van der Waals surface area contributed by atoms with Crippen LogP contribution in [0.2, 0.25) is 0 Å². The summed E-state index contributed by atoms with van der Waals surface area (Å²) >= 11 is 0. The molecule has 162 valence electrons. The van der Waals surface area contributed by atoms with Gasteiger partial charge < -0.3 is 5.32 Å². The zero-order valence-electron chi connectivity index (χ0n) is 18.1. The number of nitrogens with one attached hydrogen (secondary N) is 1. The van der Waals surface area contributed by atoms with Crippen LogP contribution >= 0.6 is 0 Å². The second-order valence-electron chi connectivity index (χ2n) is 7.78. The van der Waals surface area contributed by atoms with Gasteiger partial charge in [0, 0.05) is 6.54 Å². The number of nitrogens with zero attached hydrogens (tertiary/aromatic N) is 1. The quantitative estimate of drug-likeness (QED) is 0.568. The molecule has 3 rings (SSSR count). The van der Waals surface area contributed by atoms with Crippen molar-refractivity contribution in [3.05, 3.63) is 95.6 Å². The fraction of sp³-hybridized carbons (Fsp3) is 0.240. The molecule has 3 aromatic rings. The molecule has 0 aliphatic carbocycles. The summed E-state index contributed by atoms with van der Waals surface area (Å²) in [7, 11) is -3.90. The number of anilines is 1. The van der Waals surface area contributed by atoms with Gasteiger partial charge in [0.25, 0.3) is 10.0 Å². The Labute approximate surface area is 184 Å². The molecule has 0 fully saturated rings. The van der Waals surface area contributed by atoms with E-state index in [0.717, 1.165) is 16.7 Å². The highest BCUT2D eigenvalue weighted by molar-refractivity contribution is 7.92. The molecule has 0 saturated heterocycles. The van der Waals surface area contributed by atoms with Crippen molar-refractivity contribution in [3.8, 4) is 0 Å². The highest BCUT2D eigenvalue weighted by Gasteiger charge is 2.27. The van der Waals surface area contributed by atoms with Gasteiger partial charge in [-0.25, -0.2) is 8.42 Å². The first-order chi connectivity index (χ1) is 14.8. The Morgan fingerprint density at radius 2 is 1.42 bits per heavy atom. The molecule has 0 heterocycles. The van der Waals surface area contributed by atoms with Crippen LogP contribution in [0.3, 0.4) is 0 Å². The molecule has 0 saturated carbocycles. The normalized spacial score (nSPS) is 12.2. The zero-order valence-corrected chi connectivity index (χ0v) is 18.9. The van der Waals surface area contributed by atoms with Crippen molar-refractivity contribution >= 4 is 21.6 Å². The lowest BCUT2D eigenvalue weighted by Gasteiger charge is -2.24. The van der Waals surface area contributed by atoms with Crippen LogP contribution in [0.25, 0.3) is 0 Å². The van der Waals surface area contributed by atoms with Crippen molar-refractivity contribution in [2.24, 2.45) is 0 Å². The van der Waals surface area contributed by atoms with Gasteiger partial charge >= 0.3 is 0 Å². The van der Waals surface area contributed by atoms with E-state index in [9.17, 15) is 13.2 Å². The van der Waals surface area contributed by atoms with Crippen molar-refractivity contribution in [2.75, 3.05) is 17.4 Å². The second kappa shape index (κ2) is 9.79. The molecule has 5 nitrogen and oxygen atoms in total. The van der Waals surface area contributed by atoms with Gasteiger partial charge in [-0.2, -0.15) is 0 Å². The molecule has 0 aliphatic rings. The number of carbonyl (C=O) groups excluding carboxylic acids is 1. The number of carbonyl (C=O) groups is 1. The van der Waals surface area contributed by atoms with E-state index in [2.05, 4.69) is 5.32 Å². The van der Waals surface area contributed by atoms with Crippen LogP contribution in [0.4, 0.5) is 5.69 Å². The summed E-state index contributed by atoms with van der Waals surface area (Å²) in [4.78, 5) is 12.9. The molecular weight excluding hydrogens is 408 g/mol. The molecule has 1 amide bonds. The van der Waals surface area contributed by atoms with Gasteiger partial charge in [-0.3, -0.25) is 9.10 Å². The molecule has 0 radical (unpaired) electrons. The van der Waals surface area contributed by atoms with Crippen molar-refractivity contribution in [1.82, 2.24) is 5.32 Å². The lowest BCUT2D eigenvalue weighted by molar-refractivity contribution is -0.119. The smallest absolute Gasteiger partial charge is 0.264 e. The standard InChI is InChI=1S/C25H28N2O3S/c1-19-9-13-23(14-10-19)27(31(29,30)24-15-11-20(2)12-16-24)18-25(28)26-17-21(3)22-7-5-4-6-8-22/h4-16,21H,17-18H2,1-3H3,(H,26,28). The van der Waals surface area contributed by atoms with E-state index in [1.165, 1.54) is 4.31 Å². The molecular formula is C25H28N2O3S. The number of rotatable bonds is 8. The molecule has 1 atom stereocenters. The van der Waals surface area contributed by atoms with Crippen molar-refractivity contribution in [1.29, 1.82) is 0 Å². The number of benzene rings is 3. The topological polar surface area (TPSA) is 66.5 Å². The fourth-order valence-electron chi connectivity index (χ4n) is 3.22. The highest BCUT2D eigenvalue weighted by atomic mass is 32.2. The molecule has 0 spiro atoms. The van der Waals surface area contributed by atoms with E-state index in [1.54, 1.807) is 36.4 Å². The van der Waals surface area contributed by atoms with Crippen LogP contribution in [0.5, 0.6) is 0 Å². The third-order valence-electron chi connectivity index (χ3n) is 5.19. The van der Waals surface area contributed by atoms with Crippen LogP contribution in [0.15, 0.2) is 83.8 Å². The first-order valence-electron chi connectivity index (χ1n) is 10.2. The lowest BCUT2D eigenvalue weighted by atomic mass is 10.0. The molecule has 0 aromatic heterocycles. The summed E-state index contributed by atoms with van der Waals surface area (Å²) < 4.78 is 27.9. The maximum absolute atomic E-state index is 13.4. The molecule has 3 aromatic carbocycles. The van der Waals surface area contributed by atoms with E-state index >= 15 is 0 Å². The minimum Gasteiger partial charge on any atom is -0.354 e. The number of aryl methyl sites for hydroxylation is 2. The largest absolute Gasteiger partial charge is 0.354 e. The van der Waals surface area contributed by atoms with Crippen LogP contribution in [-0.4, -0.2) is 27.4 Å². The summed E-state index contributed by atoms with van der Waals surface area (Å²) in [5.74, 6) is -0.231. The van der Waals surface area contributed by atoms with Gasteiger partial charge in [0.1, 0.15) is 6.54 Å². The predicted octanol–water partition coefficient (Wildman–Crippen LogP) is 4.42. The van der Waals surface area contributed by atoms with Crippen LogP contribution in [-0.2, 0) is 14.8 Å². The lowest BCUT2D eigenvalue weighted by Crippen LogP contribution is -2.41. The summed E-state index contributed by atoms with van der Waals surface area (Å²) in [6.07, 6.45) is 0. The first kappa shape index (κ1) is 22.6. The molecule has 1 unspecified atom stereocenters. The van der Waals surface area contributed by atoms with Crippen molar-refractivity contribution in [3.63, 3.8) is 0 Å². The number of amides is 1. The summed E-state index contributed by atoms with van der Waals surface area (Å²) in [6.45, 7) is 5.99. The van der Waals surface area contributed by atoms with E-state index in [-0.39, 0.29) is 23.3 Å². The summed E-state index contributed by atoms with van der Waals surface area (Å²) in [6, 6.07) is 23.7. The summed E-state index contributed by atoms with van der Waals surface area (Å²) in [5, 5.41) is 2.88. The Balaban J connectivity index is 1.80. The molecule has 1 N–H and O–H groups in total. The Kier molecular flexibility index (Phi) is 7.13. The maximum atomic E-state index is 13.4. The molecule has 6 heteroatoms. The van der Waals surface area contributed by atoms with Crippen molar-refractivity contribution in [2.45, 2.75) is 31.6 Å². The summed E-state index contributed by atoms with van der Waals surface area (Å²) in [5.41, 5.74) is 3.55. The maximum Gasteiger partial charge on any atom is 0.264 e. The molecule has 0 bridgehead atoms. The molecule has 31 heavy (non-hydrogen) atoms. The van der Waals surface area contributed by atoms with E-state index in [1.807, 2.05) is 63.2 Å². The third-order valence-corrected chi connectivity index (χ3v) is 6.98. The van der Waals surface area contributed by atoms with Crippen molar-refractivity contribution < 1.29 is 13.2 Å². The fourth-order valence-corrected chi connectivity index (χ4v) is 4.64. The second-order valence-corrected chi connectivity index (χ2v) is 9.64. The van der Waals surface area contributed by atoms with Gasteiger partial charge in [-0.15, -0.1) is 0 Å². The predicted molar refractivity (Wildman–Crippen MR) is 125 cm³/mol. The highest BCUT2D eigenvalue weighted by Crippen LogP contribution is 2.24. The van der Waals surface area contributed by atoms with Crippen LogP contribution in [0, 0.1) is 13.8 Å². The Bertz CT molecular complexity index is 1110. The Morgan fingerprint density at radius 1 is 0.871 bits per heavy atom. The number of hydrogen-bond acceptors (Lipinski definition) is 3. The minimum atomic E-state index is -3.90. The first-order valence-corrected chi connectivity index (χ1v) is 11.7. The number of sulfonamides is 1. The minimum absolute atomic E-state index is 0.117. The van der Waals surface area contributed by atoms with Gasteiger partial charge in [0.05, 0.1) is 10.6 Å². The van der Waals surface area contributed by atoms with Crippen LogP contribution in [0.1, 0.15) is 29.5 Å². The molecule has 0 aliphatic heterocycles. The van der Waals surface area contributed by atoms with Gasteiger partial charge in [-0.1, -0.05) is 72.6 Å². The third kappa shape index (κ3) is 5.73. The van der Waals surface area contributed by atoms with Gasteiger partial charge in [0.15, 0.2) is 0 Å². The zero-order chi connectivity index (χ0) is 22.4. The Hall–Kier alpha value is -3.12. The SMILES string of the molecule is Cc1ccc(N(CC(=O)NCC(C)c2ccccc2)S(=O)(=O)c2ccc(C)cc2)cc1. The van der Waals surface area contributed by atoms with E-state index in [0.29, 0.717) is 12.2 Å². The average Bonchev–Trinajstić information content (AvgIpc) is 2.77. The van der Waals surface area contributed by atoms with Crippen LogP contribution < -0.4 is 9.62 Å². The van der Waals surface area contributed by atoms with Gasteiger partial charge in [0.2, 0.25) is 5.91 Å². The average molecular weight is 437 g/mol. The van der Waals surface area contributed by atoms with Gasteiger partial charge in [-0.05, 0) is 49.6 Å². The number of hydrogen-bond donors (Lipinski definition) is 1. The monoisotopic (exact) mass is 436 g/mol.